The third kappa shape index (κ3) is 3.01. The molecule has 1 aliphatic carbocycles. The molecule has 0 radical (unpaired) electrons. The van der Waals surface area contributed by atoms with Crippen LogP contribution in [0.15, 0.2) is 29.6 Å². The summed E-state index contributed by atoms with van der Waals surface area (Å²) in [7, 11) is 3.23. The molecule has 1 aromatic heterocycles. The molecule has 1 saturated carbocycles. The van der Waals surface area contributed by atoms with Gasteiger partial charge in [0.25, 0.3) is 0 Å². The van der Waals surface area contributed by atoms with E-state index in [1.807, 2.05) is 18.2 Å². The molecule has 0 saturated heterocycles. The van der Waals surface area contributed by atoms with Crippen molar-refractivity contribution in [2.45, 2.75) is 12.3 Å². The Bertz CT molecular complexity index is 778. The molecule has 118 valence electrons. The van der Waals surface area contributed by atoms with Gasteiger partial charge in [0.15, 0.2) is 0 Å². The molecule has 0 aliphatic heterocycles. The minimum Gasteiger partial charge on any atom is -0.497 e. The molecule has 1 aliphatic rings. The lowest BCUT2D eigenvalue weighted by Gasteiger charge is -2.10. The van der Waals surface area contributed by atoms with Gasteiger partial charge in [-0.25, -0.2) is 0 Å². The minimum absolute atomic E-state index is 0.0566. The Morgan fingerprint density at radius 3 is 2.87 bits per heavy atom. The van der Waals surface area contributed by atoms with Crippen LogP contribution in [0, 0.1) is 17.2 Å². The predicted octanol–water partition coefficient (Wildman–Crippen LogP) is 3.38. The Hall–Kier alpha value is -2.52. The quantitative estimate of drug-likeness (QED) is 0.913. The molecular weight excluding hydrogens is 312 g/mol. The van der Waals surface area contributed by atoms with Gasteiger partial charge in [0.1, 0.15) is 22.6 Å². The maximum absolute atomic E-state index is 12.4. The molecule has 1 aromatic carbocycles. The summed E-state index contributed by atoms with van der Waals surface area (Å²) in [6, 6.07) is 9.39. The van der Waals surface area contributed by atoms with Crippen molar-refractivity contribution in [1.29, 1.82) is 5.26 Å². The van der Waals surface area contributed by atoms with E-state index in [2.05, 4.69) is 11.4 Å². The molecule has 23 heavy (non-hydrogen) atoms. The zero-order chi connectivity index (χ0) is 16.4. The summed E-state index contributed by atoms with van der Waals surface area (Å²) in [6.07, 6.45) is 0.766. The van der Waals surface area contributed by atoms with Crippen molar-refractivity contribution >= 4 is 22.2 Å². The highest BCUT2D eigenvalue weighted by Crippen LogP contribution is 2.51. The Morgan fingerprint density at radius 2 is 2.17 bits per heavy atom. The van der Waals surface area contributed by atoms with Crippen molar-refractivity contribution in [1.82, 2.24) is 0 Å². The van der Waals surface area contributed by atoms with Crippen LogP contribution in [-0.2, 0) is 4.79 Å². The standard InChI is InChI=1S/C17H16N2O3S/c1-21-11-3-4-15(22-2)13(7-11)12-8-14(12)16(20)19-17-10(9-18)5-6-23-17/h3-7,12,14H,8H2,1-2H3,(H,19,20)/t12-,14+/m0/s1. The number of carbonyl (C=O) groups is 1. The summed E-state index contributed by atoms with van der Waals surface area (Å²) in [6.45, 7) is 0. The number of nitrogens with zero attached hydrogens (tertiary/aromatic N) is 1. The topological polar surface area (TPSA) is 71.3 Å². The number of benzene rings is 1. The van der Waals surface area contributed by atoms with Gasteiger partial charge in [-0.1, -0.05) is 0 Å². The fourth-order valence-corrected chi connectivity index (χ4v) is 3.40. The number of hydrogen-bond acceptors (Lipinski definition) is 5. The van der Waals surface area contributed by atoms with Gasteiger partial charge in [0.2, 0.25) is 5.91 Å². The van der Waals surface area contributed by atoms with E-state index in [0.29, 0.717) is 10.6 Å². The van der Waals surface area contributed by atoms with Crippen molar-refractivity contribution in [2.24, 2.45) is 5.92 Å². The van der Waals surface area contributed by atoms with Gasteiger partial charge in [-0.3, -0.25) is 4.79 Å². The van der Waals surface area contributed by atoms with Crippen LogP contribution in [0.1, 0.15) is 23.5 Å². The van der Waals surface area contributed by atoms with Gasteiger partial charge >= 0.3 is 0 Å². The van der Waals surface area contributed by atoms with Crippen LogP contribution in [0.4, 0.5) is 5.00 Å². The van der Waals surface area contributed by atoms with E-state index < -0.39 is 0 Å². The molecule has 0 unspecified atom stereocenters. The van der Waals surface area contributed by atoms with Gasteiger partial charge in [-0.05, 0) is 36.1 Å². The van der Waals surface area contributed by atoms with Gasteiger partial charge in [0.05, 0.1) is 19.8 Å². The summed E-state index contributed by atoms with van der Waals surface area (Å²) in [5.74, 6) is 1.46. The number of nitriles is 1. The zero-order valence-corrected chi connectivity index (χ0v) is 13.6. The van der Waals surface area contributed by atoms with Crippen LogP contribution in [0.25, 0.3) is 0 Å². The number of ether oxygens (including phenoxy) is 2. The summed E-state index contributed by atoms with van der Waals surface area (Å²) in [5.41, 5.74) is 1.48. The molecule has 6 heteroatoms. The third-order valence-corrected chi connectivity index (χ3v) is 4.82. The van der Waals surface area contributed by atoms with E-state index in [-0.39, 0.29) is 17.7 Å². The van der Waals surface area contributed by atoms with Crippen molar-refractivity contribution in [2.75, 3.05) is 19.5 Å². The van der Waals surface area contributed by atoms with Gasteiger partial charge < -0.3 is 14.8 Å². The van der Waals surface area contributed by atoms with E-state index in [4.69, 9.17) is 14.7 Å². The van der Waals surface area contributed by atoms with E-state index in [1.165, 1.54) is 11.3 Å². The average Bonchev–Trinajstić information content (AvgIpc) is 3.27. The summed E-state index contributed by atoms with van der Waals surface area (Å²) in [5, 5.41) is 14.3. The number of carbonyl (C=O) groups excluding carboxylic acids is 1. The second-order valence-electron chi connectivity index (χ2n) is 5.32. The first-order valence-electron chi connectivity index (χ1n) is 7.18. The number of amides is 1. The average molecular weight is 328 g/mol. The van der Waals surface area contributed by atoms with Crippen molar-refractivity contribution in [3.8, 4) is 17.6 Å². The first-order valence-corrected chi connectivity index (χ1v) is 8.06. The number of methoxy groups -OCH3 is 2. The van der Waals surface area contributed by atoms with Crippen molar-refractivity contribution in [3.63, 3.8) is 0 Å². The Labute approximate surface area is 138 Å². The SMILES string of the molecule is COc1ccc(OC)c([C@@H]2C[C@H]2C(=O)Nc2sccc2C#N)c1. The number of rotatable bonds is 5. The number of nitrogens with one attached hydrogen (secondary N) is 1. The Morgan fingerprint density at radius 1 is 1.35 bits per heavy atom. The van der Waals surface area contributed by atoms with Gasteiger partial charge in [0, 0.05) is 17.4 Å². The van der Waals surface area contributed by atoms with Crippen LogP contribution in [0.3, 0.4) is 0 Å². The van der Waals surface area contributed by atoms with Crippen LogP contribution >= 0.6 is 11.3 Å². The van der Waals surface area contributed by atoms with E-state index in [1.54, 1.807) is 25.7 Å². The van der Waals surface area contributed by atoms with Crippen LogP contribution in [-0.4, -0.2) is 20.1 Å². The first kappa shape index (κ1) is 15.4. The monoisotopic (exact) mass is 328 g/mol. The molecule has 5 nitrogen and oxygen atoms in total. The molecule has 0 bridgehead atoms. The predicted molar refractivity (Wildman–Crippen MR) is 88.1 cm³/mol. The van der Waals surface area contributed by atoms with E-state index >= 15 is 0 Å². The number of anilines is 1. The second kappa shape index (κ2) is 6.31. The molecule has 1 heterocycles. The number of hydrogen-bond donors (Lipinski definition) is 1. The summed E-state index contributed by atoms with van der Waals surface area (Å²) < 4.78 is 10.6. The van der Waals surface area contributed by atoms with Crippen LogP contribution in [0.5, 0.6) is 11.5 Å². The lowest BCUT2D eigenvalue weighted by Crippen LogP contribution is -2.14. The summed E-state index contributed by atoms with van der Waals surface area (Å²) in [4.78, 5) is 12.4. The highest BCUT2D eigenvalue weighted by molar-refractivity contribution is 7.14. The molecule has 1 N–H and O–H groups in total. The molecule has 3 rings (SSSR count). The molecular formula is C17H16N2O3S. The van der Waals surface area contributed by atoms with Crippen LogP contribution < -0.4 is 14.8 Å². The zero-order valence-electron chi connectivity index (χ0n) is 12.8. The molecule has 1 amide bonds. The fourth-order valence-electron chi connectivity index (χ4n) is 2.66. The minimum atomic E-state index is -0.107. The van der Waals surface area contributed by atoms with Gasteiger partial charge in [-0.15, -0.1) is 11.3 Å². The van der Waals surface area contributed by atoms with E-state index in [0.717, 1.165) is 23.5 Å². The molecule has 0 spiro atoms. The second-order valence-corrected chi connectivity index (χ2v) is 6.24. The fraction of sp³-hybridized carbons (Fsp3) is 0.294. The normalized spacial score (nSPS) is 18.8. The maximum Gasteiger partial charge on any atom is 0.228 e. The first-order chi connectivity index (χ1) is 11.2. The third-order valence-electron chi connectivity index (χ3n) is 3.99. The van der Waals surface area contributed by atoms with Crippen molar-refractivity contribution < 1.29 is 14.3 Å². The smallest absolute Gasteiger partial charge is 0.228 e. The number of thiophene rings is 1. The Balaban J connectivity index is 1.74. The summed E-state index contributed by atoms with van der Waals surface area (Å²) >= 11 is 1.36. The highest BCUT2D eigenvalue weighted by atomic mass is 32.1. The van der Waals surface area contributed by atoms with E-state index in [9.17, 15) is 4.79 Å². The van der Waals surface area contributed by atoms with Crippen molar-refractivity contribution in [3.05, 3.63) is 40.8 Å². The van der Waals surface area contributed by atoms with Crippen LogP contribution in [0.2, 0.25) is 0 Å². The lowest BCUT2D eigenvalue weighted by molar-refractivity contribution is -0.117. The van der Waals surface area contributed by atoms with Gasteiger partial charge in [-0.2, -0.15) is 5.26 Å². The molecule has 1 fully saturated rings. The molecule has 2 atom stereocenters. The Kier molecular flexibility index (Phi) is 4.22. The highest BCUT2D eigenvalue weighted by Gasteiger charge is 2.45. The largest absolute Gasteiger partial charge is 0.497 e. The lowest BCUT2D eigenvalue weighted by atomic mass is 10.1. The molecule has 2 aromatic rings. The maximum atomic E-state index is 12.4.